The molecule has 0 spiro atoms. The molecule has 3 rings (SSSR count). The van der Waals surface area contributed by atoms with Crippen LogP contribution in [-0.4, -0.2) is 34.5 Å². The number of imidazole rings is 1. The maximum atomic E-state index is 13.0. The third kappa shape index (κ3) is 3.69. The quantitative estimate of drug-likeness (QED) is 0.774. The number of carbonyl (C=O) groups is 1. The molecule has 3 aromatic rings. The number of hydrogen-bond acceptors (Lipinski definition) is 3. The van der Waals surface area contributed by atoms with Gasteiger partial charge in [-0.15, -0.1) is 0 Å². The van der Waals surface area contributed by atoms with Gasteiger partial charge in [0, 0.05) is 5.69 Å². The van der Waals surface area contributed by atoms with E-state index in [-0.39, 0.29) is 11.7 Å². The van der Waals surface area contributed by atoms with E-state index in [0.29, 0.717) is 12.2 Å². The second-order valence-corrected chi connectivity index (χ2v) is 6.30. The van der Waals surface area contributed by atoms with Gasteiger partial charge in [0.1, 0.15) is 17.7 Å². The molecule has 0 bridgehead atoms. The minimum absolute atomic E-state index is 0.172. The Labute approximate surface area is 146 Å². The number of hydrogen-bond donors (Lipinski definition) is 1. The van der Waals surface area contributed by atoms with Crippen LogP contribution in [0.2, 0.25) is 0 Å². The van der Waals surface area contributed by atoms with Gasteiger partial charge in [0.25, 0.3) is 0 Å². The van der Waals surface area contributed by atoms with E-state index >= 15 is 0 Å². The number of carbonyl (C=O) groups excluding carboxylic acids is 1. The number of amides is 1. The molecular formula is C19H21FN4O. The van der Waals surface area contributed by atoms with Crippen LogP contribution < -0.4 is 5.32 Å². The summed E-state index contributed by atoms with van der Waals surface area (Å²) in [6.45, 7) is 2.47. The van der Waals surface area contributed by atoms with Gasteiger partial charge < -0.3 is 14.8 Å². The standard InChI is InChI=1S/C19H21FN4O/c1-13(19(25)21-15-10-8-14(20)9-11-15)24-17-7-5-4-6-16(17)22-18(24)12-23(2)3/h4-11,13H,12H2,1-3H3,(H,21,25). The fourth-order valence-electron chi connectivity index (χ4n) is 2.82. The highest BCUT2D eigenvalue weighted by Crippen LogP contribution is 2.23. The monoisotopic (exact) mass is 340 g/mol. The van der Waals surface area contributed by atoms with Crippen LogP contribution in [0.25, 0.3) is 11.0 Å². The summed E-state index contributed by atoms with van der Waals surface area (Å²) in [5, 5.41) is 2.83. The topological polar surface area (TPSA) is 50.2 Å². The Bertz CT molecular complexity index is 886. The number of rotatable bonds is 5. The molecule has 1 unspecified atom stereocenters. The predicted octanol–water partition coefficient (Wildman–Crippen LogP) is 3.44. The molecule has 0 saturated heterocycles. The Hall–Kier alpha value is -2.73. The molecular weight excluding hydrogens is 319 g/mol. The molecule has 0 saturated carbocycles. The Morgan fingerprint density at radius 1 is 1.20 bits per heavy atom. The minimum atomic E-state index is -0.451. The molecule has 1 heterocycles. The highest BCUT2D eigenvalue weighted by Gasteiger charge is 2.21. The zero-order chi connectivity index (χ0) is 18.0. The molecule has 0 radical (unpaired) electrons. The fourth-order valence-corrected chi connectivity index (χ4v) is 2.82. The maximum Gasteiger partial charge on any atom is 0.247 e. The van der Waals surface area contributed by atoms with Crippen molar-refractivity contribution in [1.82, 2.24) is 14.5 Å². The number of benzene rings is 2. The van der Waals surface area contributed by atoms with E-state index in [0.717, 1.165) is 16.9 Å². The zero-order valence-corrected chi connectivity index (χ0v) is 14.5. The molecule has 25 heavy (non-hydrogen) atoms. The molecule has 1 atom stereocenters. The molecule has 0 fully saturated rings. The van der Waals surface area contributed by atoms with Crippen LogP contribution in [0.15, 0.2) is 48.5 Å². The van der Waals surface area contributed by atoms with Gasteiger partial charge in [-0.3, -0.25) is 4.79 Å². The van der Waals surface area contributed by atoms with Crippen LogP contribution in [0, 0.1) is 5.82 Å². The van der Waals surface area contributed by atoms with Crippen LogP contribution in [0.1, 0.15) is 18.8 Å². The molecule has 2 aromatic carbocycles. The van der Waals surface area contributed by atoms with Crippen LogP contribution >= 0.6 is 0 Å². The van der Waals surface area contributed by atoms with Gasteiger partial charge in [-0.1, -0.05) is 12.1 Å². The Morgan fingerprint density at radius 3 is 2.56 bits per heavy atom. The average molecular weight is 340 g/mol. The Kier molecular flexibility index (Phi) is 4.81. The highest BCUT2D eigenvalue weighted by atomic mass is 19.1. The summed E-state index contributed by atoms with van der Waals surface area (Å²) in [5.41, 5.74) is 2.35. The molecule has 5 nitrogen and oxygen atoms in total. The van der Waals surface area contributed by atoms with Gasteiger partial charge in [-0.05, 0) is 57.4 Å². The lowest BCUT2D eigenvalue weighted by Crippen LogP contribution is -2.26. The third-order valence-electron chi connectivity index (χ3n) is 4.01. The van der Waals surface area contributed by atoms with Crippen LogP contribution in [-0.2, 0) is 11.3 Å². The first-order valence-electron chi connectivity index (χ1n) is 8.12. The van der Waals surface area contributed by atoms with Crippen molar-refractivity contribution in [3.8, 4) is 0 Å². The van der Waals surface area contributed by atoms with Crippen molar-refractivity contribution in [1.29, 1.82) is 0 Å². The van der Waals surface area contributed by atoms with E-state index in [1.165, 1.54) is 12.1 Å². The van der Waals surface area contributed by atoms with Crippen molar-refractivity contribution in [2.75, 3.05) is 19.4 Å². The Balaban J connectivity index is 1.93. The Morgan fingerprint density at radius 2 is 1.88 bits per heavy atom. The average Bonchev–Trinajstić information content (AvgIpc) is 2.93. The summed E-state index contributed by atoms with van der Waals surface area (Å²) in [6.07, 6.45) is 0. The zero-order valence-electron chi connectivity index (χ0n) is 14.5. The first-order chi connectivity index (χ1) is 12.0. The lowest BCUT2D eigenvalue weighted by molar-refractivity contribution is -0.118. The summed E-state index contributed by atoms with van der Waals surface area (Å²) in [6, 6.07) is 13.1. The van der Waals surface area contributed by atoms with Crippen LogP contribution in [0.5, 0.6) is 0 Å². The van der Waals surface area contributed by atoms with Crippen molar-refractivity contribution in [2.45, 2.75) is 19.5 Å². The largest absolute Gasteiger partial charge is 0.324 e. The van der Waals surface area contributed by atoms with E-state index in [1.54, 1.807) is 12.1 Å². The molecule has 1 aromatic heterocycles. The van der Waals surface area contributed by atoms with Crippen molar-refractivity contribution in [2.24, 2.45) is 0 Å². The van der Waals surface area contributed by atoms with Crippen LogP contribution in [0.3, 0.4) is 0 Å². The van der Waals surface area contributed by atoms with Crippen molar-refractivity contribution in [3.63, 3.8) is 0 Å². The van der Waals surface area contributed by atoms with E-state index < -0.39 is 6.04 Å². The lowest BCUT2D eigenvalue weighted by Gasteiger charge is -2.19. The second-order valence-electron chi connectivity index (χ2n) is 6.30. The normalized spacial score (nSPS) is 12.5. The van der Waals surface area contributed by atoms with Gasteiger partial charge in [0.15, 0.2) is 0 Å². The molecule has 1 N–H and O–H groups in total. The van der Waals surface area contributed by atoms with E-state index in [2.05, 4.69) is 10.3 Å². The van der Waals surface area contributed by atoms with E-state index in [1.807, 2.05) is 54.8 Å². The maximum absolute atomic E-state index is 13.0. The van der Waals surface area contributed by atoms with E-state index in [4.69, 9.17) is 0 Å². The summed E-state index contributed by atoms with van der Waals surface area (Å²) >= 11 is 0. The molecule has 6 heteroatoms. The van der Waals surface area contributed by atoms with Gasteiger partial charge in [-0.2, -0.15) is 0 Å². The van der Waals surface area contributed by atoms with Crippen molar-refractivity contribution < 1.29 is 9.18 Å². The van der Waals surface area contributed by atoms with Gasteiger partial charge in [0.05, 0.1) is 17.6 Å². The highest BCUT2D eigenvalue weighted by molar-refractivity contribution is 5.94. The number of aromatic nitrogens is 2. The van der Waals surface area contributed by atoms with Crippen molar-refractivity contribution >= 4 is 22.6 Å². The SMILES string of the molecule is CC(C(=O)Nc1ccc(F)cc1)n1c(CN(C)C)nc2ccccc21. The fraction of sp³-hybridized carbons (Fsp3) is 0.263. The number of nitrogens with one attached hydrogen (secondary N) is 1. The van der Waals surface area contributed by atoms with Gasteiger partial charge in [0.2, 0.25) is 5.91 Å². The number of para-hydroxylation sites is 2. The molecule has 1 amide bonds. The first-order valence-corrected chi connectivity index (χ1v) is 8.12. The summed E-state index contributed by atoms with van der Waals surface area (Å²) in [5.74, 6) is 0.322. The van der Waals surface area contributed by atoms with Gasteiger partial charge in [-0.25, -0.2) is 9.37 Å². The van der Waals surface area contributed by atoms with Crippen LogP contribution in [0.4, 0.5) is 10.1 Å². The first kappa shape index (κ1) is 17.1. The molecule has 0 aliphatic heterocycles. The third-order valence-corrected chi connectivity index (χ3v) is 4.01. The molecule has 130 valence electrons. The number of anilines is 1. The number of fused-ring (bicyclic) bond motifs is 1. The summed E-state index contributed by atoms with van der Waals surface area (Å²) in [4.78, 5) is 19.4. The lowest BCUT2D eigenvalue weighted by atomic mass is 10.2. The minimum Gasteiger partial charge on any atom is -0.324 e. The predicted molar refractivity (Wildman–Crippen MR) is 96.9 cm³/mol. The molecule has 0 aliphatic carbocycles. The summed E-state index contributed by atoms with van der Waals surface area (Å²) in [7, 11) is 3.93. The van der Waals surface area contributed by atoms with Crippen molar-refractivity contribution in [3.05, 3.63) is 60.2 Å². The second kappa shape index (κ2) is 7.03. The number of halogens is 1. The summed E-state index contributed by atoms with van der Waals surface area (Å²) < 4.78 is 15.0. The van der Waals surface area contributed by atoms with E-state index in [9.17, 15) is 9.18 Å². The molecule has 0 aliphatic rings. The van der Waals surface area contributed by atoms with Gasteiger partial charge >= 0.3 is 0 Å². The number of nitrogens with zero attached hydrogens (tertiary/aromatic N) is 3. The smallest absolute Gasteiger partial charge is 0.247 e.